The Hall–Kier alpha value is -1.26. The summed E-state index contributed by atoms with van der Waals surface area (Å²) >= 11 is 0. The lowest BCUT2D eigenvalue weighted by Gasteiger charge is -2.37. The fourth-order valence-corrected chi connectivity index (χ4v) is 3.04. The summed E-state index contributed by atoms with van der Waals surface area (Å²) in [6.45, 7) is 8.47. The Morgan fingerprint density at radius 2 is 2.00 bits per heavy atom. The molecule has 1 spiro atoms. The highest BCUT2D eigenvalue weighted by molar-refractivity contribution is 5.85. The van der Waals surface area contributed by atoms with Crippen LogP contribution in [0.15, 0.2) is 0 Å². The zero-order chi connectivity index (χ0) is 15.0. The Labute approximate surface area is 121 Å². The highest BCUT2D eigenvalue weighted by Crippen LogP contribution is 2.39. The largest absolute Gasteiger partial charge is 0.449 e. The molecule has 0 saturated carbocycles. The summed E-state index contributed by atoms with van der Waals surface area (Å²) in [6, 6.07) is 0. The van der Waals surface area contributed by atoms with Crippen molar-refractivity contribution in [3.63, 3.8) is 0 Å². The van der Waals surface area contributed by atoms with Crippen LogP contribution in [0.25, 0.3) is 0 Å². The normalized spacial score (nSPS) is 27.3. The Morgan fingerprint density at radius 1 is 1.30 bits per heavy atom. The Balaban J connectivity index is 1.94. The maximum absolute atomic E-state index is 12.4. The van der Waals surface area contributed by atoms with Gasteiger partial charge in [0.2, 0.25) is 5.91 Å². The van der Waals surface area contributed by atoms with Crippen LogP contribution in [-0.4, -0.2) is 55.1 Å². The van der Waals surface area contributed by atoms with Crippen LogP contribution in [0.3, 0.4) is 0 Å². The minimum atomic E-state index is -0.353. The maximum atomic E-state index is 12.4. The minimum Gasteiger partial charge on any atom is -0.449 e. The van der Waals surface area contributed by atoms with E-state index in [9.17, 15) is 9.59 Å². The molecule has 2 rings (SSSR count). The van der Waals surface area contributed by atoms with Crippen molar-refractivity contribution in [2.75, 3.05) is 33.3 Å². The lowest BCUT2D eigenvalue weighted by atomic mass is 9.78. The first-order chi connectivity index (χ1) is 9.23. The van der Waals surface area contributed by atoms with E-state index in [2.05, 4.69) is 0 Å². The van der Waals surface area contributed by atoms with E-state index >= 15 is 0 Å². The van der Waals surface area contributed by atoms with Crippen LogP contribution < -0.4 is 0 Å². The third-order valence-corrected chi connectivity index (χ3v) is 4.19. The predicted octanol–water partition coefficient (Wildman–Crippen LogP) is 2.11. The van der Waals surface area contributed by atoms with Gasteiger partial charge in [-0.3, -0.25) is 4.79 Å². The van der Waals surface area contributed by atoms with Gasteiger partial charge in [0.1, 0.15) is 0 Å². The first kappa shape index (κ1) is 15.1. The Bertz CT molecular complexity index is 402. The predicted molar refractivity (Wildman–Crippen MR) is 76.3 cm³/mol. The molecule has 0 aromatic heterocycles. The summed E-state index contributed by atoms with van der Waals surface area (Å²) in [5.41, 5.74) is -0.387. The van der Waals surface area contributed by atoms with E-state index < -0.39 is 0 Å². The fraction of sp³-hybridized carbons (Fsp3) is 0.867. The summed E-state index contributed by atoms with van der Waals surface area (Å²) in [7, 11) is 1.85. The summed E-state index contributed by atoms with van der Waals surface area (Å²) in [4.78, 5) is 28.0. The van der Waals surface area contributed by atoms with Crippen molar-refractivity contribution < 1.29 is 14.3 Å². The number of piperidine rings is 1. The molecule has 5 nitrogen and oxygen atoms in total. The van der Waals surface area contributed by atoms with E-state index in [1.165, 1.54) is 0 Å². The van der Waals surface area contributed by atoms with Crippen molar-refractivity contribution in [3.8, 4) is 0 Å². The quantitative estimate of drug-likeness (QED) is 0.740. The SMILES string of the molecule is CN1CCC[C@]2(CCN(C(=O)OCC(C)(C)C)C2)C1=O. The highest BCUT2D eigenvalue weighted by Gasteiger charge is 2.49. The Morgan fingerprint density at radius 3 is 2.65 bits per heavy atom. The van der Waals surface area contributed by atoms with Crippen LogP contribution in [-0.2, 0) is 9.53 Å². The van der Waals surface area contributed by atoms with Crippen LogP contribution in [0, 0.1) is 10.8 Å². The molecule has 2 fully saturated rings. The molecule has 0 bridgehead atoms. The van der Waals surface area contributed by atoms with Crippen molar-refractivity contribution in [1.29, 1.82) is 0 Å². The number of hydrogen-bond acceptors (Lipinski definition) is 3. The van der Waals surface area contributed by atoms with Gasteiger partial charge in [0.05, 0.1) is 12.0 Å². The summed E-state index contributed by atoms with van der Waals surface area (Å²) in [5.74, 6) is 0.190. The zero-order valence-electron chi connectivity index (χ0n) is 13.1. The first-order valence-corrected chi connectivity index (χ1v) is 7.41. The van der Waals surface area contributed by atoms with Gasteiger partial charge in [0, 0.05) is 26.7 Å². The van der Waals surface area contributed by atoms with Gasteiger partial charge in [-0.15, -0.1) is 0 Å². The number of carbonyl (C=O) groups excluding carboxylic acids is 2. The van der Waals surface area contributed by atoms with E-state index in [1.807, 2.05) is 27.8 Å². The van der Waals surface area contributed by atoms with Crippen molar-refractivity contribution >= 4 is 12.0 Å². The van der Waals surface area contributed by atoms with Crippen molar-refractivity contribution in [3.05, 3.63) is 0 Å². The number of ether oxygens (including phenoxy) is 1. The molecule has 114 valence electrons. The van der Waals surface area contributed by atoms with E-state index in [0.717, 1.165) is 25.8 Å². The van der Waals surface area contributed by atoms with Crippen molar-refractivity contribution in [2.24, 2.45) is 10.8 Å². The molecular weight excluding hydrogens is 256 g/mol. The van der Waals surface area contributed by atoms with Crippen LogP contribution in [0.4, 0.5) is 4.79 Å². The minimum absolute atomic E-state index is 0.0338. The molecule has 5 heteroatoms. The third kappa shape index (κ3) is 3.07. The molecule has 0 aliphatic carbocycles. The topological polar surface area (TPSA) is 49.9 Å². The number of rotatable bonds is 1. The monoisotopic (exact) mass is 282 g/mol. The average Bonchev–Trinajstić information content (AvgIpc) is 2.78. The molecule has 2 heterocycles. The molecule has 2 aliphatic heterocycles. The average molecular weight is 282 g/mol. The van der Waals surface area contributed by atoms with Gasteiger partial charge in [-0.05, 0) is 24.7 Å². The summed E-state index contributed by atoms with van der Waals surface area (Å²) in [5, 5.41) is 0. The molecule has 0 aromatic carbocycles. The van der Waals surface area contributed by atoms with Gasteiger partial charge in [0.25, 0.3) is 0 Å². The van der Waals surface area contributed by atoms with Crippen LogP contribution in [0.5, 0.6) is 0 Å². The second-order valence-corrected chi connectivity index (χ2v) is 7.40. The molecule has 0 unspecified atom stereocenters. The lowest BCUT2D eigenvalue weighted by Crippen LogP contribution is -2.48. The van der Waals surface area contributed by atoms with Crippen molar-refractivity contribution in [2.45, 2.75) is 40.0 Å². The van der Waals surface area contributed by atoms with E-state index in [-0.39, 0.29) is 22.8 Å². The van der Waals surface area contributed by atoms with Crippen molar-refractivity contribution in [1.82, 2.24) is 9.80 Å². The number of hydrogen-bond donors (Lipinski definition) is 0. The zero-order valence-corrected chi connectivity index (χ0v) is 13.1. The van der Waals surface area contributed by atoms with Gasteiger partial charge in [-0.1, -0.05) is 20.8 Å². The molecule has 0 aromatic rings. The van der Waals surface area contributed by atoms with Gasteiger partial charge in [-0.2, -0.15) is 0 Å². The summed E-state index contributed by atoms with van der Waals surface area (Å²) < 4.78 is 5.35. The number of carbonyl (C=O) groups is 2. The molecule has 2 saturated heterocycles. The van der Waals surface area contributed by atoms with Crippen LogP contribution >= 0.6 is 0 Å². The number of likely N-dealkylation sites (tertiary alicyclic amines) is 2. The van der Waals surface area contributed by atoms with Crippen LogP contribution in [0.1, 0.15) is 40.0 Å². The lowest BCUT2D eigenvalue weighted by molar-refractivity contribution is -0.143. The highest BCUT2D eigenvalue weighted by atomic mass is 16.6. The second-order valence-electron chi connectivity index (χ2n) is 7.40. The molecule has 0 radical (unpaired) electrons. The maximum Gasteiger partial charge on any atom is 0.409 e. The fourth-order valence-electron chi connectivity index (χ4n) is 3.04. The second kappa shape index (κ2) is 5.26. The molecule has 2 aliphatic rings. The van der Waals surface area contributed by atoms with Gasteiger partial charge in [0.15, 0.2) is 0 Å². The number of nitrogens with zero attached hydrogens (tertiary/aromatic N) is 2. The molecule has 0 N–H and O–H groups in total. The van der Waals surface area contributed by atoms with Gasteiger partial charge >= 0.3 is 6.09 Å². The standard InChI is InChI=1S/C15H26N2O3/c1-14(2,3)11-20-13(19)17-9-7-15(10-17)6-5-8-16(4)12(15)18/h5-11H2,1-4H3/t15-/m1/s1. The molecule has 20 heavy (non-hydrogen) atoms. The number of amides is 2. The van der Waals surface area contributed by atoms with Gasteiger partial charge in [-0.25, -0.2) is 4.79 Å². The van der Waals surface area contributed by atoms with Crippen LogP contribution in [0.2, 0.25) is 0 Å². The Kier molecular flexibility index (Phi) is 3.98. The molecule has 2 amide bonds. The smallest absolute Gasteiger partial charge is 0.409 e. The van der Waals surface area contributed by atoms with E-state index in [1.54, 1.807) is 9.80 Å². The third-order valence-electron chi connectivity index (χ3n) is 4.19. The molecule has 1 atom stereocenters. The van der Waals surface area contributed by atoms with Gasteiger partial charge < -0.3 is 14.5 Å². The van der Waals surface area contributed by atoms with E-state index in [0.29, 0.717) is 19.7 Å². The summed E-state index contributed by atoms with van der Waals surface area (Å²) in [6.07, 6.45) is 2.39. The van der Waals surface area contributed by atoms with E-state index in [4.69, 9.17) is 4.74 Å². The first-order valence-electron chi connectivity index (χ1n) is 7.41. The molecular formula is C15H26N2O3.